The van der Waals surface area contributed by atoms with Crippen molar-refractivity contribution in [3.05, 3.63) is 215 Å². The van der Waals surface area contributed by atoms with Gasteiger partial charge in [0.25, 0.3) is 11.5 Å². The third kappa shape index (κ3) is 6.23. The predicted octanol–water partition coefficient (Wildman–Crippen LogP) is 9.60. The quantitative estimate of drug-likeness (QED) is 0.126. The molecule has 0 N–H and O–H groups in total. The van der Waals surface area contributed by atoms with E-state index in [0.29, 0.717) is 17.1 Å². The van der Waals surface area contributed by atoms with E-state index < -0.39 is 5.97 Å². The molecule has 3 aliphatic heterocycles. The number of carbonyl (C=O) groups excluding carboxylic acids is 1. The van der Waals surface area contributed by atoms with Crippen LogP contribution in [0, 0.1) is 0 Å². The number of hydrogen-bond donors (Lipinski definition) is 0. The van der Waals surface area contributed by atoms with Gasteiger partial charge in [0, 0.05) is 17.7 Å². The number of ether oxygens (including phenoxy) is 2. The van der Waals surface area contributed by atoms with Crippen molar-refractivity contribution in [2.45, 2.75) is 0 Å². The molecule has 4 aromatic carbocycles. The summed E-state index contributed by atoms with van der Waals surface area (Å²) in [7, 11) is 1.94. The van der Waals surface area contributed by atoms with Crippen molar-refractivity contribution in [1.29, 1.82) is 0 Å². The molecule has 4 heteroatoms. The lowest BCUT2D eigenvalue weighted by molar-refractivity contribution is -0.132. The summed E-state index contributed by atoms with van der Waals surface area (Å²) in [6.45, 7) is 0. The van der Waals surface area contributed by atoms with E-state index in [1.165, 1.54) is 0 Å². The molecule has 0 radical (unpaired) electrons. The number of esters is 1. The minimum atomic E-state index is -0.417. The summed E-state index contributed by atoms with van der Waals surface area (Å²) in [5, 5.41) is 0. The number of carbonyl (C=O) groups is 1. The zero-order valence-corrected chi connectivity index (χ0v) is 25.3. The van der Waals surface area contributed by atoms with E-state index in [1.807, 2.05) is 116 Å². The Hall–Kier alpha value is -6.13. The highest BCUT2D eigenvalue weighted by molar-refractivity contribution is 5.96. The summed E-state index contributed by atoms with van der Waals surface area (Å²) in [5.41, 5.74) is 6.71. The van der Waals surface area contributed by atoms with Crippen molar-refractivity contribution in [3.63, 3.8) is 0 Å². The van der Waals surface area contributed by atoms with Crippen molar-refractivity contribution in [2.75, 3.05) is 7.11 Å². The van der Waals surface area contributed by atoms with Crippen LogP contribution in [0.4, 0.5) is 0 Å². The molecule has 46 heavy (non-hydrogen) atoms. The Kier molecular flexibility index (Phi) is 8.00. The van der Waals surface area contributed by atoms with Gasteiger partial charge in [0.15, 0.2) is 7.11 Å². The second-order valence-electron chi connectivity index (χ2n) is 11.0. The molecule has 0 aromatic heterocycles. The maximum atomic E-state index is 13.0. The Balaban J connectivity index is 1.21. The Morgan fingerprint density at radius 3 is 1.70 bits per heavy atom. The maximum Gasteiger partial charge on any atom is 0.343 e. The Morgan fingerprint density at radius 2 is 1.09 bits per heavy atom. The first-order valence-corrected chi connectivity index (χ1v) is 15.1. The van der Waals surface area contributed by atoms with Crippen molar-refractivity contribution in [1.82, 2.24) is 0 Å². The molecular weight excluding hydrogens is 568 g/mol. The Bertz CT molecular complexity index is 2020. The number of benzene rings is 4. The maximum absolute atomic E-state index is 13.0. The van der Waals surface area contributed by atoms with Gasteiger partial charge in [0.1, 0.15) is 17.3 Å². The van der Waals surface area contributed by atoms with Crippen LogP contribution in [0.25, 0.3) is 22.7 Å². The number of cyclic esters (lactones) is 1. The molecule has 0 saturated heterocycles. The van der Waals surface area contributed by atoms with Crippen LogP contribution in [0.3, 0.4) is 0 Å². The minimum Gasteiger partial charge on any atom is -0.537 e. The average Bonchev–Trinajstić information content (AvgIpc) is 3.47. The zero-order valence-electron chi connectivity index (χ0n) is 25.3. The molecule has 4 aromatic rings. The topological polar surface area (TPSA) is 38.2 Å². The zero-order chi connectivity index (χ0) is 31.3. The molecule has 222 valence electrons. The van der Waals surface area contributed by atoms with E-state index in [0.717, 1.165) is 50.7 Å². The highest BCUT2D eigenvalue weighted by atomic mass is 16.7. The number of rotatable bonds is 6. The normalized spacial score (nSPS) is 18.8. The summed E-state index contributed by atoms with van der Waals surface area (Å²) in [6, 6.07) is 40.6. The van der Waals surface area contributed by atoms with Gasteiger partial charge in [-0.1, -0.05) is 109 Å². The number of hydrogen-bond acceptors (Lipinski definition) is 3. The molecule has 3 aliphatic rings. The standard InChI is InChI=1S/C42H31O4/c1-46-39(26-36(31-16-8-3-9-17-31)28-41(46)33-20-12-5-13-21-33)29-38-24-34(42(43)45-38)22-23-37-25-35(30-14-6-2-7-15-30)27-40(44-37)32-18-10-4-11-19-32/h2-29H,1H3/q+1/b34-22+,37-23+,39-29+. The van der Waals surface area contributed by atoms with Crippen LogP contribution in [0.2, 0.25) is 0 Å². The van der Waals surface area contributed by atoms with E-state index >= 15 is 0 Å². The van der Waals surface area contributed by atoms with E-state index in [9.17, 15) is 4.79 Å². The monoisotopic (exact) mass is 599 g/mol. The van der Waals surface area contributed by atoms with Gasteiger partial charge in [-0.15, -0.1) is 0 Å². The Morgan fingerprint density at radius 1 is 0.543 bits per heavy atom. The van der Waals surface area contributed by atoms with Crippen LogP contribution in [0.15, 0.2) is 193 Å². The fourth-order valence-corrected chi connectivity index (χ4v) is 5.48. The highest BCUT2D eigenvalue weighted by Gasteiger charge is 2.27. The molecule has 3 heterocycles. The molecule has 0 saturated carbocycles. The highest BCUT2D eigenvalue weighted by Crippen LogP contribution is 2.37. The summed E-state index contributed by atoms with van der Waals surface area (Å²) in [4.78, 5) is 13.0. The molecule has 0 spiro atoms. The fourth-order valence-electron chi connectivity index (χ4n) is 5.48. The van der Waals surface area contributed by atoms with Gasteiger partial charge in [0.2, 0.25) is 0 Å². The van der Waals surface area contributed by atoms with Gasteiger partial charge in [-0.25, -0.2) is 4.79 Å². The molecule has 0 unspecified atom stereocenters. The Labute approximate surface area is 268 Å². The van der Waals surface area contributed by atoms with E-state index in [2.05, 4.69) is 52.9 Å². The third-order valence-electron chi connectivity index (χ3n) is 7.87. The van der Waals surface area contributed by atoms with Crippen molar-refractivity contribution in [2.24, 2.45) is 0 Å². The summed E-state index contributed by atoms with van der Waals surface area (Å²) >= 11 is 0. The molecule has 7 rings (SSSR count). The molecule has 0 aliphatic carbocycles. The lowest BCUT2D eigenvalue weighted by Gasteiger charge is -2.26. The fraction of sp³-hybridized carbons (Fsp3) is 0.0238. The SMILES string of the molecule is C[O+]1C(c2ccccc2)=CC(c2ccccc2)=C/C1=C\C1=CC(=C\C=C2/C=C(c3ccccc3)C=C(c3ccccc3)O2)/C(=O)O1. The van der Waals surface area contributed by atoms with Gasteiger partial charge in [-0.2, -0.15) is 0 Å². The van der Waals surface area contributed by atoms with Crippen LogP contribution in [-0.2, 0) is 18.6 Å². The van der Waals surface area contributed by atoms with E-state index in [4.69, 9.17) is 9.47 Å². The number of allylic oxidation sites excluding steroid dienone is 9. The van der Waals surface area contributed by atoms with Crippen molar-refractivity contribution in [3.8, 4) is 0 Å². The second kappa shape index (κ2) is 12.8. The largest absolute Gasteiger partial charge is 0.537 e. The lowest BCUT2D eigenvalue weighted by Crippen LogP contribution is -2.11. The third-order valence-corrected chi connectivity index (χ3v) is 7.87. The van der Waals surface area contributed by atoms with Gasteiger partial charge in [-0.3, -0.25) is 0 Å². The smallest absolute Gasteiger partial charge is 0.343 e. The molecule has 0 bridgehead atoms. The summed E-state index contributed by atoms with van der Waals surface area (Å²) < 4.78 is 15.1. The van der Waals surface area contributed by atoms with Gasteiger partial charge >= 0.3 is 5.97 Å². The van der Waals surface area contributed by atoms with Gasteiger partial charge in [-0.05, 0) is 64.8 Å². The molecule has 4 nitrogen and oxygen atoms in total. The van der Waals surface area contributed by atoms with Crippen LogP contribution in [0.1, 0.15) is 22.3 Å². The predicted molar refractivity (Wildman–Crippen MR) is 184 cm³/mol. The van der Waals surface area contributed by atoms with Crippen LogP contribution in [-0.4, -0.2) is 13.1 Å². The van der Waals surface area contributed by atoms with Crippen molar-refractivity contribution >= 4 is 28.6 Å². The second-order valence-corrected chi connectivity index (χ2v) is 11.0. The average molecular weight is 600 g/mol. The molecular formula is C42H31O4+. The first kappa shape index (κ1) is 28.6. The lowest BCUT2D eigenvalue weighted by atomic mass is 10.00. The van der Waals surface area contributed by atoms with Gasteiger partial charge in [0.05, 0.1) is 17.2 Å². The van der Waals surface area contributed by atoms with E-state index in [-0.39, 0.29) is 0 Å². The summed E-state index contributed by atoms with van der Waals surface area (Å²) in [5.74, 6) is 3.19. The van der Waals surface area contributed by atoms with Crippen LogP contribution in [0.5, 0.6) is 0 Å². The first-order valence-electron chi connectivity index (χ1n) is 15.1. The van der Waals surface area contributed by atoms with Crippen molar-refractivity contribution < 1.29 is 18.6 Å². The minimum absolute atomic E-state index is 0.417. The molecule has 0 amide bonds. The summed E-state index contributed by atoms with van der Waals surface area (Å²) in [6.07, 6.45) is 15.4. The van der Waals surface area contributed by atoms with E-state index in [1.54, 1.807) is 12.2 Å². The van der Waals surface area contributed by atoms with Crippen LogP contribution < -0.4 is 0 Å². The molecule has 0 atom stereocenters. The van der Waals surface area contributed by atoms with Gasteiger partial charge < -0.3 is 13.8 Å². The molecule has 0 fully saturated rings. The first-order chi connectivity index (χ1) is 22.6. The van der Waals surface area contributed by atoms with Crippen LogP contribution >= 0.6 is 0 Å².